The number of nitrogens with one attached hydrogen (secondary N) is 1. The highest BCUT2D eigenvalue weighted by Gasteiger charge is 2.41. The van der Waals surface area contributed by atoms with E-state index in [4.69, 9.17) is 9.47 Å². The first-order valence-electron chi connectivity index (χ1n) is 11.9. The topological polar surface area (TPSA) is 54.0 Å². The van der Waals surface area contributed by atoms with E-state index in [0.717, 1.165) is 53.6 Å². The zero-order valence-corrected chi connectivity index (χ0v) is 20.0. The third-order valence-corrected chi connectivity index (χ3v) is 7.05. The van der Waals surface area contributed by atoms with Gasteiger partial charge in [-0.05, 0) is 60.0 Å². The van der Waals surface area contributed by atoms with Gasteiger partial charge in [-0.1, -0.05) is 18.2 Å². The lowest BCUT2D eigenvalue weighted by molar-refractivity contribution is -0.126. The Kier molecular flexibility index (Phi) is 6.49. The number of hydrogen-bond acceptors (Lipinski definition) is 5. The number of fused-ring (bicyclic) bond motifs is 3. The van der Waals surface area contributed by atoms with E-state index < -0.39 is 0 Å². The molecule has 2 aliphatic heterocycles. The molecule has 1 saturated heterocycles. The Bertz CT molecular complexity index is 1200. The van der Waals surface area contributed by atoms with Crippen molar-refractivity contribution in [3.8, 4) is 11.5 Å². The molecule has 2 atom stereocenters. The summed E-state index contributed by atoms with van der Waals surface area (Å²) in [6, 6.07) is 20.5. The molecule has 6 nitrogen and oxygen atoms in total. The first-order valence-corrected chi connectivity index (χ1v) is 11.9. The van der Waals surface area contributed by atoms with Gasteiger partial charge in [-0.25, -0.2) is 4.39 Å². The van der Waals surface area contributed by atoms with Gasteiger partial charge in [-0.3, -0.25) is 4.79 Å². The Labute approximate surface area is 205 Å². The molecular formula is C28H30FN3O3. The van der Waals surface area contributed by atoms with Crippen molar-refractivity contribution in [3.63, 3.8) is 0 Å². The van der Waals surface area contributed by atoms with Gasteiger partial charge in [0.1, 0.15) is 17.3 Å². The third kappa shape index (κ3) is 4.76. The molecule has 182 valence electrons. The highest BCUT2D eigenvalue weighted by molar-refractivity contribution is 5.82. The minimum absolute atomic E-state index is 0.00188. The predicted molar refractivity (Wildman–Crippen MR) is 135 cm³/mol. The van der Waals surface area contributed by atoms with E-state index in [9.17, 15) is 9.18 Å². The lowest BCUT2D eigenvalue weighted by Crippen LogP contribution is -2.61. The van der Waals surface area contributed by atoms with E-state index in [-0.39, 0.29) is 23.7 Å². The van der Waals surface area contributed by atoms with E-state index in [1.165, 1.54) is 12.1 Å². The molecule has 3 aromatic carbocycles. The Hall–Kier alpha value is -3.74. The Morgan fingerprint density at radius 3 is 2.51 bits per heavy atom. The number of nitrogens with zero attached hydrogens (tertiary/aromatic N) is 2. The summed E-state index contributed by atoms with van der Waals surface area (Å²) in [6.45, 7) is 2.67. The van der Waals surface area contributed by atoms with E-state index in [1.807, 2.05) is 24.3 Å². The number of carbonyl (C=O) groups excluding carboxylic acids is 1. The first kappa shape index (κ1) is 23.0. The van der Waals surface area contributed by atoms with Crippen LogP contribution in [0.5, 0.6) is 11.5 Å². The number of piperazine rings is 1. The number of methoxy groups -OCH3 is 2. The van der Waals surface area contributed by atoms with E-state index >= 15 is 0 Å². The number of ether oxygens (including phenoxy) is 2. The maximum absolute atomic E-state index is 13.6. The lowest BCUT2D eigenvalue weighted by Gasteiger charge is -2.49. The van der Waals surface area contributed by atoms with Gasteiger partial charge < -0.3 is 24.6 Å². The Balaban J connectivity index is 1.40. The summed E-state index contributed by atoms with van der Waals surface area (Å²) in [5.74, 6) is 1.09. The molecule has 0 aliphatic carbocycles. The molecule has 0 aromatic heterocycles. The average molecular weight is 476 g/mol. The van der Waals surface area contributed by atoms with Crippen molar-refractivity contribution < 1.29 is 18.7 Å². The highest BCUT2D eigenvalue weighted by Crippen LogP contribution is 2.39. The predicted octanol–water partition coefficient (Wildman–Crippen LogP) is 4.03. The van der Waals surface area contributed by atoms with Crippen molar-refractivity contribution in [3.05, 3.63) is 83.7 Å². The van der Waals surface area contributed by atoms with Gasteiger partial charge >= 0.3 is 0 Å². The number of hydrogen-bond donors (Lipinski definition) is 1. The van der Waals surface area contributed by atoms with Crippen LogP contribution in [-0.4, -0.2) is 45.8 Å². The van der Waals surface area contributed by atoms with Gasteiger partial charge in [0.05, 0.1) is 26.2 Å². The van der Waals surface area contributed by atoms with Gasteiger partial charge in [0.25, 0.3) is 0 Å². The maximum Gasteiger partial charge on any atom is 0.225 e. The van der Waals surface area contributed by atoms with Crippen LogP contribution in [-0.2, 0) is 17.8 Å². The largest absolute Gasteiger partial charge is 0.497 e. The quantitative estimate of drug-likeness (QED) is 0.584. The second kappa shape index (κ2) is 9.86. The van der Waals surface area contributed by atoms with Crippen LogP contribution in [0.25, 0.3) is 0 Å². The summed E-state index contributed by atoms with van der Waals surface area (Å²) in [6.07, 6.45) is 0.645. The number of carbonyl (C=O) groups is 1. The number of anilines is 2. The molecule has 3 aromatic rings. The van der Waals surface area contributed by atoms with Gasteiger partial charge in [0.15, 0.2) is 0 Å². The minimum atomic E-state index is -0.300. The monoisotopic (exact) mass is 475 g/mol. The molecule has 2 aliphatic rings. The third-order valence-electron chi connectivity index (χ3n) is 7.05. The number of amides is 1. The molecule has 2 heterocycles. The molecule has 5 rings (SSSR count). The summed E-state index contributed by atoms with van der Waals surface area (Å²) < 4.78 is 24.4. The molecule has 1 N–H and O–H groups in total. The number of rotatable bonds is 6. The molecule has 7 heteroatoms. The lowest BCUT2D eigenvalue weighted by atomic mass is 9.83. The van der Waals surface area contributed by atoms with Gasteiger partial charge in [-0.15, -0.1) is 0 Å². The Morgan fingerprint density at radius 1 is 1.00 bits per heavy atom. The van der Waals surface area contributed by atoms with Crippen molar-refractivity contribution in [2.24, 2.45) is 5.92 Å². The second-order valence-corrected chi connectivity index (χ2v) is 9.06. The van der Waals surface area contributed by atoms with E-state index in [2.05, 4.69) is 39.4 Å². The zero-order chi connectivity index (χ0) is 24.4. The Morgan fingerprint density at radius 2 is 1.77 bits per heavy atom. The van der Waals surface area contributed by atoms with Crippen molar-refractivity contribution in [2.45, 2.75) is 19.0 Å². The van der Waals surface area contributed by atoms with Crippen LogP contribution in [0.1, 0.15) is 11.1 Å². The van der Waals surface area contributed by atoms with Crippen molar-refractivity contribution in [1.82, 2.24) is 5.32 Å². The zero-order valence-electron chi connectivity index (χ0n) is 20.0. The average Bonchev–Trinajstić information content (AvgIpc) is 2.90. The standard InChI is InChI=1S/C28H30FN3O3/c1-34-23-10-7-22(8-11-23)31-12-13-32-26-16-24(35-2)9-6-20(26)15-25(27(32)18-31)28(33)30-17-19-4-3-5-21(29)14-19/h3-11,14,16,25,27H,12-13,15,17-18H2,1-2H3,(H,30,33)/t25-,27+/m1/s1. The molecular weight excluding hydrogens is 445 g/mol. The van der Waals surface area contributed by atoms with Crippen LogP contribution >= 0.6 is 0 Å². The maximum atomic E-state index is 13.6. The molecule has 0 bridgehead atoms. The van der Waals surface area contributed by atoms with Crippen molar-refractivity contribution in [1.29, 1.82) is 0 Å². The van der Waals surface area contributed by atoms with Crippen LogP contribution in [0.2, 0.25) is 0 Å². The van der Waals surface area contributed by atoms with Gasteiger partial charge in [-0.2, -0.15) is 0 Å². The van der Waals surface area contributed by atoms with Crippen LogP contribution < -0.4 is 24.6 Å². The van der Waals surface area contributed by atoms with Crippen LogP contribution in [0.4, 0.5) is 15.8 Å². The molecule has 0 radical (unpaired) electrons. The molecule has 1 fully saturated rings. The molecule has 0 unspecified atom stereocenters. The van der Waals surface area contributed by atoms with E-state index in [1.54, 1.807) is 20.3 Å². The van der Waals surface area contributed by atoms with Gasteiger partial charge in [0.2, 0.25) is 5.91 Å². The SMILES string of the molecule is COc1ccc(N2CCN3c4cc(OC)ccc4C[C@@H](C(=O)NCc4cccc(F)c4)[C@@H]3C2)cc1. The second-order valence-electron chi connectivity index (χ2n) is 9.06. The smallest absolute Gasteiger partial charge is 0.225 e. The van der Waals surface area contributed by atoms with Crippen LogP contribution in [0.3, 0.4) is 0 Å². The highest BCUT2D eigenvalue weighted by atomic mass is 19.1. The van der Waals surface area contributed by atoms with Crippen molar-refractivity contribution >= 4 is 17.3 Å². The fourth-order valence-electron chi connectivity index (χ4n) is 5.20. The van der Waals surface area contributed by atoms with Gasteiger partial charge in [0, 0.05) is 43.6 Å². The van der Waals surface area contributed by atoms with Crippen LogP contribution in [0, 0.1) is 11.7 Å². The summed E-state index contributed by atoms with van der Waals surface area (Å²) in [5, 5.41) is 3.06. The fourth-order valence-corrected chi connectivity index (χ4v) is 5.20. The molecule has 1 amide bonds. The molecule has 0 spiro atoms. The minimum Gasteiger partial charge on any atom is -0.497 e. The summed E-state index contributed by atoms with van der Waals surface area (Å²) in [7, 11) is 3.33. The summed E-state index contributed by atoms with van der Waals surface area (Å²) in [4.78, 5) is 18.2. The fraction of sp³-hybridized carbons (Fsp3) is 0.321. The molecule has 0 saturated carbocycles. The summed E-state index contributed by atoms with van der Waals surface area (Å²) in [5.41, 5.74) is 4.14. The number of halogens is 1. The molecule has 35 heavy (non-hydrogen) atoms. The number of benzene rings is 3. The first-order chi connectivity index (χ1) is 17.1. The normalized spacial score (nSPS) is 18.9. The summed E-state index contributed by atoms with van der Waals surface area (Å²) >= 11 is 0. The van der Waals surface area contributed by atoms with Crippen LogP contribution in [0.15, 0.2) is 66.7 Å². The van der Waals surface area contributed by atoms with Crippen molar-refractivity contribution in [2.75, 3.05) is 43.7 Å². The van der Waals surface area contributed by atoms with E-state index in [0.29, 0.717) is 13.0 Å².